The first-order valence-corrected chi connectivity index (χ1v) is 12.3. The molecule has 2 amide bonds. The Hall–Kier alpha value is -3.12. The summed E-state index contributed by atoms with van der Waals surface area (Å²) in [6.07, 6.45) is 1.24. The molecule has 0 aliphatic rings. The van der Waals surface area contributed by atoms with Gasteiger partial charge in [0.1, 0.15) is 11.8 Å². The van der Waals surface area contributed by atoms with E-state index in [4.69, 9.17) is 4.74 Å². The maximum Gasteiger partial charge on any atom is 0.261 e. The highest BCUT2D eigenvalue weighted by atomic mass is 79.9. The lowest BCUT2D eigenvalue weighted by Gasteiger charge is -2.32. The van der Waals surface area contributed by atoms with Crippen molar-refractivity contribution in [2.24, 2.45) is 0 Å². The molecule has 3 aromatic rings. The smallest absolute Gasteiger partial charge is 0.261 e. The Morgan fingerprint density at radius 1 is 0.971 bits per heavy atom. The van der Waals surface area contributed by atoms with E-state index in [0.29, 0.717) is 25.3 Å². The number of carbonyl (C=O) groups is 2. The van der Waals surface area contributed by atoms with Crippen LogP contribution in [0.3, 0.4) is 0 Å². The van der Waals surface area contributed by atoms with E-state index >= 15 is 0 Å². The summed E-state index contributed by atoms with van der Waals surface area (Å²) >= 11 is 3.40. The second-order valence-corrected chi connectivity index (χ2v) is 9.10. The molecule has 0 saturated heterocycles. The van der Waals surface area contributed by atoms with E-state index in [0.717, 1.165) is 27.6 Å². The van der Waals surface area contributed by atoms with Crippen molar-refractivity contribution in [3.8, 4) is 5.75 Å². The summed E-state index contributed by atoms with van der Waals surface area (Å²) in [6, 6.07) is 24.4. The number of nitrogens with one attached hydrogen (secondary N) is 1. The molecule has 5 nitrogen and oxygen atoms in total. The molecule has 34 heavy (non-hydrogen) atoms. The molecule has 3 rings (SSSR count). The highest BCUT2D eigenvalue weighted by molar-refractivity contribution is 9.10. The third-order valence-corrected chi connectivity index (χ3v) is 6.13. The second kappa shape index (κ2) is 12.9. The van der Waals surface area contributed by atoms with E-state index in [9.17, 15) is 9.59 Å². The molecule has 1 unspecified atom stereocenters. The number of amides is 2. The number of benzene rings is 3. The Morgan fingerprint density at radius 2 is 1.65 bits per heavy atom. The van der Waals surface area contributed by atoms with E-state index in [1.807, 2.05) is 80.6 Å². The molecule has 3 aromatic carbocycles. The minimum absolute atomic E-state index is 0.153. The quantitative estimate of drug-likeness (QED) is 0.371. The van der Waals surface area contributed by atoms with Gasteiger partial charge in [0.15, 0.2) is 6.61 Å². The Kier molecular flexibility index (Phi) is 9.71. The molecule has 1 N–H and O–H groups in total. The lowest BCUT2D eigenvalue weighted by Crippen LogP contribution is -2.51. The van der Waals surface area contributed by atoms with E-state index < -0.39 is 6.04 Å². The van der Waals surface area contributed by atoms with Gasteiger partial charge in [-0.2, -0.15) is 0 Å². The van der Waals surface area contributed by atoms with Crippen LogP contribution in [0.4, 0.5) is 0 Å². The van der Waals surface area contributed by atoms with E-state index in [-0.39, 0.29) is 18.4 Å². The van der Waals surface area contributed by atoms with Gasteiger partial charge in [-0.3, -0.25) is 9.59 Å². The average Bonchev–Trinajstić information content (AvgIpc) is 2.85. The number of ether oxygens (including phenoxy) is 1. The molecule has 0 radical (unpaired) electrons. The summed E-state index contributed by atoms with van der Waals surface area (Å²) in [5.41, 5.74) is 3.07. The fraction of sp³-hybridized carbons (Fsp3) is 0.286. The molecule has 6 heteroatoms. The predicted molar refractivity (Wildman–Crippen MR) is 139 cm³/mol. The molecule has 0 fully saturated rings. The van der Waals surface area contributed by atoms with Crippen molar-refractivity contribution < 1.29 is 14.3 Å². The average molecular weight is 523 g/mol. The highest BCUT2D eigenvalue weighted by Crippen LogP contribution is 2.19. The maximum absolute atomic E-state index is 13.5. The van der Waals surface area contributed by atoms with Crippen molar-refractivity contribution in [3.63, 3.8) is 0 Å². The lowest BCUT2D eigenvalue weighted by atomic mass is 10.0. The first-order chi connectivity index (χ1) is 16.5. The zero-order valence-corrected chi connectivity index (χ0v) is 21.3. The van der Waals surface area contributed by atoms with Gasteiger partial charge in [0.2, 0.25) is 5.91 Å². The lowest BCUT2D eigenvalue weighted by molar-refractivity contribution is -0.142. The molecular weight excluding hydrogens is 492 g/mol. The van der Waals surface area contributed by atoms with Gasteiger partial charge < -0.3 is 15.0 Å². The molecule has 1 atom stereocenters. The van der Waals surface area contributed by atoms with Crippen LogP contribution in [-0.2, 0) is 22.6 Å². The van der Waals surface area contributed by atoms with Crippen LogP contribution in [0.15, 0.2) is 83.3 Å². The molecule has 0 saturated carbocycles. The summed E-state index contributed by atoms with van der Waals surface area (Å²) in [7, 11) is 0. The number of nitrogens with zero attached hydrogens (tertiary/aromatic N) is 1. The monoisotopic (exact) mass is 522 g/mol. The van der Waals surface area contributed by atoms with Gasteiger partial charge in [-0.1, -0.05) is 77.5 Å². The topological polar surface area (TPSA) is 58.6 Å². The van der Waals surface area contributed by atoms with E-state index in [1.54, 1.807) is 17.0 Å². The zero-order valence-electron chi connectivity index (χ0n) is 19.7. The minimum atomic E-state index is -0.658. The summed E-state index contributed by atoms with van der Waals surface area (Å²) in [5.74, 6) is 0.206. The second-order valence-electron chi connectivity index (χ2n) is 8.19. The fourth-order valence-corrected chi connectivity index (χ4v) is 3.91. The SMILES string of the molecule is CCCNC(=O)C(Cc1ccccc1)N(Cc1ccccc1C)C(=O)COc1ccc(Br)cc1. The molecule has 0 bridgehead atoms. The number of hydrogen-bond acceptors (Lipinski definition) is 3. The molecule has 0 heterocycles. The van der Waals surface area contributed by atoms with Crippen LogP contribution >= 0.6 is 15.9 Å². The van der Waals surface area contributed by atoms with Crippen molar-refractivity contribution in [2.75, 3.05) is 13.2 Å². The molecular formula is C28H31BrN2O3. The van der Waals surface area contributed by atoms with Gasteiger partial charge in [0.25, 0.3) is 5.91 Å². The molecule has 178 valence electrons. The predicted octanol–water partition coefficient (Wildman–Crippen LogP) is 5.30. The van der Waals surface area contributed by atoms with Crippen molar-refractivity contribution in [1.29, 1.82) is 0 Å². The van der Waals surface area contributed by atoms with Crippen molar-refractivity contribution in [2.45, 2.75) is 39.3 Å². The third-order valence-electron chi connectivity index (χ3n) is 5.60. The van der Waals surface area contributed by atoms with Gasteiger partial charge in [0, 0.05) is 24.0 Å². The molecule has 0 aliphatic heterocycles. The van der Waals surface area contributed by atoms with Crippen LogP contribution in [0.25, 0.3) is 0 Å². The third kappa shape index (κ3) is 7.45. The van der Waals surface area contributed by atoms with Gasteiger partial charge in [0.05, 0.1) is 0 Å². The number of carbonyl (C=O) groups excluding carboxylic acids is 2. The standard InChI is InChI=1S/C28H31BrN2O3/c1-3-17-30-28(33)26(18-22-10-5-4-6-11-22)31(19-23-12-8-7-9-21(23)2)27(32)20-34-25-15-13-24(29)14-16-25/h4-16,26H,3,17-20H2,1-2H3,(H,30,33). The van der Waals surface area contributed by atoms with Crippen LogP contribution in [0.5, 0.6) is 5.75 Å². The largest absolute Gasteiger partial charge is 0.484 e. The van der Waals surface area contributed by atoms with E-state index in [2.05, 4.69) is 21.2 Å². The molecule has 0 aromatic heterocycles. The first kappa shape index (κ1) is 25.5. The zero-order chi connectivity index (χ0) is 24.3. The van der Waals surface area contributed by atoms with Crippen molar-refractivity contribution >= 4 is 27.7 Å². The summed E-state index contributed by atoms with van der Waals surface area (Å²) in [5, 5.41) is 2.99. The van der Waals surface area contributed by atoms with Gasteiger partial charge in [-0.15, -0.1) is 0 Å². The number of rotatable bonds is 11. The van der Waals surface area contributed by atoms with Gasteiger partial charge >= 0.3 is 0 Å². The normalized spacial score (nSPS) is 11.5. The number of hydrogen-bond donors (Lipinski definition) is 1. The summed E-state index contributed by atoms with van der Waals surface area (Å²) < 4.78 is 6.72. The highest BCUT2D eigenvalue weighted by Gasteiger charge is 2.30. The summed E-state index contributed by atoms with van der Waals surface area (Å²) in [4.78, 5) is 28.5. The van der Waals surface area contributed by atoms with Crippen molar-refractivity contribution in [1.82, 2.24) is 10.2 Å². The minimum Gasteiger partial charge on any atom is -0.484 e. The molecule has 0 aliphatic carbocycles. The van der Waals surface area contributed by atoms with Crippen molar-refractivity contribution in [3.05, 3.63) is 100 Å². The molecule has 0 spiro atoms. The Bertz CT molecular complexity index is 1070. The fourth-order valence-electron chi connectivity index (χ4n) is 3.65. The van der Waals surface area contributed by atoms with E-state index in [1.165, 1.54) is 0 Å². The number of halogens is 1. The Morgan fingerprint density at radius 3 is 2.32 bits per heavy atom. The first-order valence-electron chi connectivity index (χ1n) is 11.5. The Labute approximate surface area is 210 Å². The maximum atomic E-state index is 13.5. The number of aryl methyl sites for hydroxylation is 1. The van der Waals surface area contributed by atoms with Crippen LogP contribution in [0, 0.1) is 6.92 Å². The Balaban J connectivity index is 1.89. The van der Waals surface area contributed by atoms with Crippen LogP contribution in [-0.4, -0.2) is 35.9 Å². The summed E-state index contributed by atoms with van der Waals surface area (Å²) in [6.45, 7) is 4.76. The van der Waals surface area contributed by atoms with Crippen LogP contribution in [0.1, 0.15) is 30.0 Å². The van der Waals surface area contributed by atoms with Gasteiger partial charge in [-0.05, 0) is 54.3 Å². The van der Waals surface area contributed by atoms with Crippen LogP contribution in [0.2, 0.25) is 0 Å². The van der Waals surface area contributed by atoms with Gasteiger partial charge in [-0.25, -0.2) is 0 Å². The van der Waals surface area contributed by atoms with Crippen LogP contribution < -0.4 is 10.1 Å².